The number of rotatable bonds is 5. The van der Waals surface area contributed by atoms with Crippen molar-refractivity contribution >= 4 is 22.8 Å². The Kier molecular flexibility index (Phi) is 5.51. The molecule has 3 rings (SSSR count). The van der Waals surface area contributed by atoms with Gasteiger partial charge in [-0.05, 0) is 63.8 Å². The summed E-state index contributed by atoms with van der Waals surface area (Å²) in [6.45, 7) is 4.40. The maximum Gasteiger partial charge on any atom is 0.348 e. The van der Waals surface area contributed by atoms with E-state index in [0.29, 0.717) is 36.5 Å². The lowest BCUT2D eigenvalue weighted by Gasteiger charge is -2.18. The molecule has 0 bridgehead atoms. The Balaban J connectivity index is 1.93. The Morgan fingerprint density at radius 1 is 1.31 bits per heavy atom. The van der Waals surface area contributed by atoms with Crippen molar-refractivity contribution < 1.29 is 23.2 Å². The minimum absolute atomic E-state index is 0.212. The summed E-state index contributed by atoms with van der Waals surface area (Å²) < 4.78 is 29.5. The number of hydrogen-bond acceptors (Lipinski definition) is 5. The van der Waals surface area contributed by atoms with Crippen molar-refractivity contribution in [3.05, 3.63) is 40.3 Å². The molecule has 0 radical (unpaired) electrons. The first-order valence-electron chi connectivity index (χ1n) is 8.76. The van der Waals surface area contributed by atoms with Gasteiger partial charge < -0.3 is 14.2 Å². The fraction of sp³-hybridized carbons (Fsp3) is 0.450. The molecule has 1 aromatic rings. The molecule has 1 aromatic carbocycles. The highest BCUT2D eigenvalue weighted by Crippen LogP contribution is 2.44. The normalized spacial score (nSPS) is 22.5. The van der Waals surface area contributed by atoms with E-state index in [0.717, 1.165) is 18.4 Å². The quantitative estimate of drug-likeness (QED) is 0.442. The summed E-state index contributed by atoms with van der Waals surface area (Å²) in [7, 11) is 0.121. The van der Waals surface area contributed by atoms with Crippen LogP contribution in [0.15, 0.2) is 34.8 Å². The Hall–Kier alpha value is -2.08. The van der Waals surface area contributed by atoms with Crippen molar-refractivity contribution in [2.45, 2.75) is 44.5 Å². The SMILES string of the molecule is COc1ccc(/C=C2/C(=O)OC3(CCCC3)S2=O)c(OCC=C(C)C)c1. The van der Waals surface area contributed by atoms with Gasteiger partial charge in [-0.2, -0.15) is 0 Å². The molecule has 0 amide bonds. The minimum atomic E-state index is -1.46. The van der Waals surface area contributed by atoms with Crippen LogP contribution >= 0.6 is 0 Å². The van der Waals surface area contributed by atoms with Crippen molar-refractivity contribution in [3.8, 4) is 11.5 Å². The number of allylic oxidation sites excluding steroid dienone is 1. The summed E-state index contributed by atoms with van der Waals surface area (Å²) in [5, 5.41) is 0. The van der Waals surface area contributed by atoms with Crippen LogP contribution in [0.3, 0.4) is 0 Å². The number of ether oxygens (including phenoxy) is 3. The van der Waals surface area contributed by atoms with Crippen LogP contribution in [0.4, 0.5) is 0 Å². The van der Waals surface area contributed by atoms with E-state index in [9.17, 15) is 9.00 Å². The zero-order chi connectivity index (χ0) is 18.7. The van der Waals surface area contributed by atoms with Gasteiger partial charge in [0.25, 0.3) is 0 Å². The Labute approximate surface area is 156 Å². The molecular formula is C20H24O5S. The molecule has 1 saturated carbocycles. The molecule has 2 aliphatic rings. The number of hydrogen-bond donors (Lipinski definition) is 0. The first kappa shape index (κ1) is 18.7. The van der Waals surface area contributed by atoms with Crippen LogP contribution in [-0.4, -0.2) is 28.8 Å². The summed E-state index contributed by atoms with van der Waals surface area (Å²) in [5.74, 6) is 0.740. The zero-order valence-corrected chi connectivity index (χ0v) is 16.2. The second kappa shape index (κ2) is 7.66. The fourth-order valence-electron chi connectivity index (χ4n) is 3.17. The first-order valence-corrected chi connectivity index (χ1v) is 9.91. The van der Waals surface area contributed by atoms with Crippen LogP contribution in [0.25, 0.3) is 6.08 Å². The summed E-state index contributed by atoms with van der Waals surface area (Å²) in [5.41, 5.74) is 1.83. The van der Waals surface area contributed by atoms with Crippen molar-refractivity contribution in [1.82, 2.24) is 0 Å². The lowest BCUT2D eigenvalue weighted by molar-refractivity contribution is -0.143. The van der Waals surface area contributed by atoms with Gasteiger partial charge in [-0.15, -0.1) is 0 Å². The molecule has 26 heavy (non-hydrogen) atoms. The maximum absolute atomic E-state index is 12.9. The molecule has 0 N–H and O–H groups in total. The van der Waals surface area contributed by atoms with Crippen LogP contribution < -0.4 is 9.47 Å². The van der Waals surface area contributed by atoms with Gasteiger partial charge in [-0.3, -0.25) is 0 Å². The molecule has 0 aromatic heterocycles. The number of esters is 1. The van der Waals surface area contributed by atoms with Crippen LogP contribution in [0.2, 0.25) is 0 Å². The number of carbonyl (C=O) groups excluding carboxylic acids is 1. The second-order valence-corrected chi connectivity index (χ2v) is 8.50. The number of methoxy groups -OCH3 is 1. The van der Waals surface area contributed by atoms with E-state index in [1.807, 2.05) is 19.9 Å². The largest absolute Gasteiger partial charge is 0.497 e. The van der Waals surface area contributed by atoms with E-state index >= 15 is 0 Å². The van der Waals surface area contributed by atoms with Crippen LogP contribution in [0.5, 0.6) is 11.5 Å². The highest BCUT2D eigenvalue weighted by atomic mass is 32.2. The molecule has 6 heteroatoms. The molecule has 1 saturated heterocycles. The third kappa shape index (κ3) is 3.70. The molecule has 1 aliphatic carbocycles. The lowest BCUT2D eigenvalue weighted by atomic mass is 10.1. The standard InChI is InChI=1S/C20H24O5S/c1-14(2)8-11-24-17-13-16(23-3)7-6-15(17)12-18-19(21)25-20(26(18)22)9-4-5-10-20/h6-8,12-13H,4-5,9-11H2,1-3H3/b18-12-. The lowest BCUT2D eigenvalue weighted by Crippen LogP contribution is -2.27. The van der Waals surface area contributed by atoms with Crippen LogP contribution in [0, 0.1) is 0 Å². The molecular weight excluding hydrogens is 352 g/mol. The van der Waals surface area contributed by atoms with Gasteiger partial charge >= 0.3 is 5.97 Å². The van der Waals surface area contributed by atoms with Gasteiger partial charge in [-0.25, -0.2) is 9.00 Å². The Morgan fingerprint density at radius 3 is 2.69 bits per heavy atom. The molecule has 140 valence electrons. The maximum atomic E-state index is 12.9. The average molecular weight is 376 g/mol. The van der Waals surface area contributed by atoms with E-state index in [2.05, 4.69) is 0 Å². The predicted octanol–water partition coefficient (Wildman–Crippen LogP) is 3.96. The van der Waals surface area contributed by atoms with Crippen molar-refractivity contribution in [3.63, 3.8) is 0 Å². The van der Waals surface area contributed by atoms with Gasteiger partial charge in [0, 0.05) is 11.6 Å². The highest BCUT2D eigenvalue weighted by molar-refractivity contribution is 7.92. The number of carbonyl (C=O) groups is 1. The smallest absolute Gasteiger partial charge is 0.348 e. The molecule has 1 heterocycles. The topological polar surface area (TPSA) is 61.8 Å². The predicted molar refractivity (Wildman–Crippen MR) is 101 cm³/mol. The monoisotopic (exact) mass is 376 g/mol. The van der Waals surface area contributed by atoms with Gasteiger partial charge in [0.1, 0.15) is 33.8 Å². The molecule has 5 nitrogen and oxygen atoms in total. The van der Waals surface area contributed by atoms with E-state index in [-0.39, 0.29) is 4.91 Å². The molecule has 1 unspecified atom stereocenters. The Bertz CT molecular complexity index is 783. The molecule has 1 atom stereocenters. The molecule has 1 spiro atoms. The van der Waals surface area contributed by atoms with Crippen molar-refractivity contribution in [2.24, 2.45) is 0 Å². The third-order valence-electron chi connectivity index (χ3n) is 4.62. The zero-order valence-electron chi connectivity index (χ0n) is 15.4. The Morgan fingerprint density at radius 2 is 2.04 bits per heavy atom. The molecule has 2 fully saturated rings. The van der Waals surface area contributed by atoms with E-state index in [1.165, 1.54) is 0 Å². The van der Waals surface area contributed by atoms with Crippen LogP contribution in [-0.2, 0) is 20.3 Å². The van der Waals surface area contributed by atoms with E-state index < -0.39 is 21.7 Å². The number of benzene rings is 1. The third-order valence-corrected chi connectivity index (χ3v) is 6.47. The fourth-order valence-corrected chi connectivity index (χ4v) is 4.81. The van der Waals surface area contributed by atoms with Crippen molar-refractivity contribution in [1.29, 1.82) is 0 Å². The van der Waals surface area contributed by atoms with E-state index in [4.69, 9.17) is 14.2 Å². The van der Waals surface area contributed by atoms with Gasteiger partial charge in [0.2, 0.25) is 0 Å². The van der Waals surface area contributed by atoms with Gasteiger partial charge in [-0.1, -0.05) is 5.57 Å². The summed E-state index contributed by atoms with van der Waals surface area (Å²) in [6, 6.07) is 5.35. The summed E-state index contributed by atoms with van der Waals surface area (Å²) in [4.78, 5) is 11.7. The highest BCUT2D eigenvalue weighted by Gasteiger charge is 2.52. The van der Waals surface area contributed by atoms with Gasteiger partial charge in [0.05, 0.1) is 7.11 Å². The van der Waals surface area contributed by atoms with E-state index in [1.54, 1.807) is 31.4 Å². The summed E-state index contributed by atoms with van der Waals surface area (Å²) >= 11 is 0. The van der Waals surface area contributed by atoms with Gasteiger partial charge in [0.15, 0.2) is 4.93 Å². The average Bonchev–Trinajstić information content (AvgIpc) is 3.16. The summed E-state index contributed by atoms with van der Waals surface area (Å²) in [6.07, 6.45) is 6.79. The first-order chi connectivity index (χ1) is 12.4. The second-order valence-electron chi connectivity index (χ2n) is 6.78. The van der Waals surface area contributed by atoms with Crippen molar-refractivity contribution in [2.75, 3.05) is 13.7 Å². The molecule has 1 aliphatic heterocycles. The minimum Gasteiger partial charge on any atom is -0.497 e. The van der Waals surface area contributed by atoms with Crippen LogP contribution in [0.1, 0.15) is 45.1 Å².